The second kappa shape index (κ2) is 8.38. The van der Waals surface area contributed by atoms with Gasteiger partial charge in [-0.2, -0.15) is 13.2 Å². The topological polar surface area (TPSA) is 37.3 Å². The summed E-state index contributed by atoms with van der Waals surface area (Å²) < 4.78 is 40.6. The van der Waals surface area contributed by atoms with Gasteiger partial charge < -0.3 is 5.11 Å². The Hall–Kier alpha value is -1.95. The molecular weight excluding hydrogens is 424 g/mol. The number of carboxylic acids is 1. The zero-order chi connectivity index (χ0) is 20.4. The summed E-state index contributed by atoms with van der Waals surface area (Å²) in [6.07, 6.45) is -1.09. The number of carboxylic acid groups (broad SMARTS) is 1. The monoisotopic (exact) mass is 434 g/mol. The van der Waals surface area contributed by atoms with E-state index in [1.807, 2.05) is 0 Å². The van der Waals surface area contributed by atoms with Crippen LogP contribution in [0.2, 0.25) is 15.1 Å². The quantitative estimate of drug-likeness (QED) is 0.499. The molecule has 2 aromatic carbocycles. The van der Waals surface area contributed by atoms with Gasteiger partial charge in [0.1, 0.15) is 0 Å². The number of halogens is 6. The summed E-state index contributed by atoms with van der Waals surface area (Å²) in [5.41, 5.74) is 0.524. The first-order valence-electron chi connectivity index (χ1n) is 7.43. The van der Waals surface area contributed by atoms with E-state index in [0.717, 1.165) is 18.2 Å². The van der Waals surface area contributed by atoms with Crippen LogP contribution in [0.15, 0.2) is 43.0 Å². The number of rotatable bonds is 5. The normalized spacial score (nSPS) is 13.0. The number of aromatic carboxylic acids is 1. The van der Waals surface area contributed by atoms with Gasteiger partial charge in [0.05, 0.1) is 26.5 Å². The van der Waals surface area contributed by atoms with Gasteiger partial charge in [-0.3, -0.25) is 0 Å². The van der Waals surface area contributed by atoms with Gasteiger partial charge >= 0.3 is 12.1 Å². The molecule has 0 spiro atoms. The van der Waals surface area contributed by atoms with E-state index >= 15 is 0 Å². The number of benzene rings is 2. The van der Waals surface area contributed by atoms with Crippen molar-refractivity contribution in [2.24, 2.45) is 0 Å². The van der Waals surface area contributed by atoms with Crippen molar-refractivity contribution in [3.63, 3.8) is 0 Å². The average molecular weight is 436 g/mol. The highest BCUT2D eigenvalue weighted by Gasteiger charge is 2.39. The van der Waals surface area contributed by atoms with Crippen molar-refractivity contribution in [3.8, 4) is 0 Å². The maximum atomic E-state index is 13.5. The Labute approximate surface area is 168 Å². The second-order valence-electron chi connectivity index (χ2n) is 5.53. The fourth-order valence-corrected chi connectivity index (χ4v) is 3.03. The highest BCUT2D eigenvalue weighted by Crippen LogP contribution is 2.41. The van der Waals surface area contributed by atoms with E-state index in [0.29, 0.717) is 11.1 Å². The molecule has 0 aromatic heterocycles. The lowest BCUT2D eigenvalue weighted by atomic mass is 9.96. The van der Waals surface area contributed by atoms with Gasteiger partial charge in [-0.05, 0) is 41.0 Å². The second-order valence-corrected chi connectivity index (χ2v) is 6.73. The number of hydrogen-bond acceptors (Lipinski definition) is 1. The fraction of sp³-hybridized carbons (Fsp3) is 0.105. The molecule has 1 N–H and O–H groups in total. The molecule has 0 heterocycles. The Bertz CT molecular complexity index is 898. The molecule has 0 aliphatic heterocycles. The van der Waals surface area contributed by atoms with E-state index < -0.39 is 18.1 Å². The minimum atomic E-state index is -4.60. The third-order valence-electron chi connectivity index (χ3n) is 3.72. The van der Waals surface area contributed by atoms with Crippen LogP contribution >= 0.6 is 34.8 Å². The van der Waals surface area contributed by atoms with Crippen LogP contribution in [-0.4, -0.2) is 17.3 Å². The predicted molar refractivity (Wildman–Crippen MR) is 103 cm³/mol. The van der Waals surface area contributed by atoms with Gasteiger partial charge in [0.2, 0.25) is 0 Å². The van der Waals surface area contributed by atoms with Gasteiger partial charge in [-0.25, -0.2) is 4.79 Å². The number of carbonyl (C=O) groups is 1. The SMILES string of the molecule is C=Cc1cc(/C=C/C(c2cc(Cl)c(Cl)c(Cl)c2)C(F)(F)F)ccc1C(=O)O. The number of allylic oxidation sites excluding steroid dienone is 1. The first kappa shape index (κ1) is 21.4. The molecule has 1 unspecified atom stereocenters. The van der Waals surface area contributed by atoms with Crippen molar-refractivity contribution in [2.45, 2.75) is 12.1 Å². The molecule has 0 fully saturated rings. The van der Waals surface area contributed by atoms with E-state index in [9.17, 15) is 18.0 Å². The Balaban J connectivity index is 2.46. The van der Waals surface area contributed by atoms with Crippen LogP contribution in [0.5, 0.6) is 0 Å². The van der Waals surface area contributed by atoms with Crippen molar-refractivity contribution in [1.82, 2.24) is 0 Å². The molecule has 0 bridgehead atoms. The van der Waals surface area contributed by atoms with Crippen LogP contribution in [0.3, 0.4) is 0 Å². The molecule has 0 aliphatic carbocycles. The predicted octanol–water partition coefficient (Wildman–Crippen LogP) is 7.35. The van der Waals surface area contributed by atoms with Crippen LogP contribution in [0, 0.1) is 0 Å². The molecule has 1 atom stereocenters. The number of alkyl halides is 3. The molecule has 0 amide bonds. The van der Waals surface area contributed by atoms with E-state index in [4.69, 9.17) is 39.9 Å². The van der Waals surface area contributed by atoms with Crippen molar-refractivity contribution >= 4 is 52.9 Å². The van der Waals surface area contributed by atoms with Crippen LogP contribution in [0.4, 0.5) is 13.2 Å². The molecule has 0 saturated heterocycles. The van der Waals surface area contributed by atoms with Gasteiger partial charge in [0.15, 0.2) is 0 Å². The van der Waals surface area contributed by atoms with E-state index in [1.165, 1.54) is 30.4 Å². The molecule has 27 heavy (non-hydrogen) atoms. The zero-order valence-corrected chi connectivity index (χ0v) is 15.8. The fourth-order valence-electron chi connectivity index (χ4n) is 2.42. The average Bonchev–Trinajstić information content (AvgIpc) is 2.58. The smallest absolute Gasteiger partial charge is 0.399 e. The minimum Gasteiger partial charge on any atom is -0.478 e. The number of hydrogen-bond donors (Lipinski definition) is 1. The zero-order valence-electron chi connectivity index (χ0n) is 13.5. The summed E-state index contributed by atoms with van der Waals surface area (Å²) in [6.45, 7) is 3.52. The largest absolute Gasteiger partial charge is 0.478 e. The lowest BCUT2D eigenvalue weighted by Crippen LogP contribution is -2.19. The van der Waals surface area contributed by atoms with Crippen LogP contribution in [0.25, 0.3) is 12.2 Å². The van der Waals surface area contributed by atoms with Gasteiger partial charge in [-0.1, -0.05) is 65.7 Å². The Morgan fingerprint density at radius 1 is 1.11 bits per heavy atom. The summed E-state index contributed by atoms with van der Waals surface area (Å²) >= 11 is 17.5. The first-order chi connectivity index (χ1) is 12.5. The van der Waals surface area contributed by atoms with E-state index in [1.54, 1.807) is 0 Å². The van der Waals surface area contributed by atoms with Crippen LogP contribution in [-0.2, 0) is 0 Å². The maximum Gasteiger partial charge on any atom is 0.399 e. The van der Waals surface area contributed by atoms with Gasteiger partial charge in [0.25, 0.3) is 0 Å². The lowest BCUT2D eigenvalue weighted by Gasteiger charge is -2.18. The van der Waals surface area contributed by atoms with Crippen LogP contribution < -0.4 is 0 Å². The van der Waals surface area contributed by atoms with Crippen molar-refractivity contribution < 1.29 is 23.1 Å². The van der Waals surface area contributed by atoms with Gasteiger partial charge in [0, 0.05) is 0 Å². The Kier molecular flexibility index (Phi) is 6.63. The molecule has 2 aromatic rings. The molecule has 8 heteroatoms. The van der Waals surface area contributed by atoms with E-state index in [2.05, 4.69) is 6.58 Å². The summed E-state index contributed by atoms with van der Waals surface area (Å²) in [5, 5.41) is 8.90. The summed E-state index contributed by atoms with van der Waals surface area (Å²) in [7, 11) is 0. The highest BCUT2D eigenvalue weighted by atomic mass is 35.5. The minimum absolute atomic E-state index is 0.00536. The Morgan fingerprint density at radius 2 is 1.70 bits per heavy atom. The van der Waals surface area contributed by atoms with Gasteiger partial charge in [-0.15, -0.1) is 0 Å². The summed E-state index contributed by atoms with van der Waals surface area (Å²) in [4.78, 5) is 11.1. The summed E-state index contributed by atoms with van der Waals surface area (Å²) in [6, 6.07) is 6.37. The van der Waals surface area contributed by atoms with Crippen molar-refractivity contribution in [2.75, 3.05) is 0 Å². The van der Waals surface area contributed by atoms with Crippen molar-refractivity contribution in [1.29, 1.82) is 0 Å². The standard InChI is InChI=1S/C19H12Cl3F3O2/c1-2-11-7-10(3-5-13(11)18(26)27)4-6-14(19(23,24)25)12-8-15(20)17(22)16(21)9-12/h2-9,14H,1H2,(H,26,27)/b6-4+. The highest BCUT2D eigenvalue weighted by molar-refractivity contribution is 6.48. The third-order valence-corrected chi connectivity index (χ3v) is 4.92. The lowest BCUT2D eigenvalue weighted by molar-refractivity contribution is -0.139. The summed E-state index contributed by atoms with van der Waals surface area (Å²) in [5.74, 6) is -3.13. The molecule has 2 nitrogen and oxygen atoms in total. The Morgan fingerprint density at radius 3 is 2.19 bits per heavy atom. The molecule has 0 aliphatic rings. The molecular formula is C19H12Cl3F3O2. The molecule has 0 radical (unpaired) electrons. The molecule has 0 saturated carbocycles. The van der Waals surface area contributed by atoms with E-state index in [-0.39, 0.29) is 26.2 Å². The molecule has 2 rings (SSSR count). The first-order valence-corrected chi connectivity index (χ1v) is 8.57. The van der Waals surface area contributed by atoms with Crippen molar-refractivity contribution in [3.05, 3.63) is 80.3 Å². The maximum absolute atomic E-state index is 13.5. The van der Waals surface area contributed by atoms with Crippen LogP contribution in [0.1, 0.15) is 33.0 Å². The third kappa shape index (κ3) is 5.06. The molecule has 142 valence electrons.